The molecular formula is C28H26N2O. The molecule has 0 spiro atoms. The van der Waals surface area contributed by atoms with E-state index in [1.165, 1.54) is 0 Å². The molecule has 0 unspecified atom stereocenters. The van der Waals surface area contributed by atoms with Crippen LogP contribution < -0.4 is 0 Å². The Morgan fingerprint density at radius 3 is 2.52 bits per heavy atom. The summed E-state index contributed by atoms with van der Waals surface area (Å²) in [6, 6.07) is 21.6. The molecule has 0 aliphatic rings. The van der Waals surface area contributed by atoms with E-state index in [2.05, 4.69) is 36.8 Å². The lowest BCUT2D eigenvalue weighted by Crippen LogP contribution is -2.11. The lowest BCUT2D eigenvalue weighted by molar-refractivity contribution is 0.589. The zero-order chi connectivity index (χ0) is 25.0. The lowest BCUT2D eigenvalue weighted by Gasteiger charge is -2.19. The number of furan rings is 1. The van der Waals surface area contributed by atoms with Crippen molar-refractivity contribution in [2.45, 2.75) is 38.9 Å². The van der Waals surface area contributed by atoms with Gasteiger partial charge in [-0.3, -0.25) is 4.98 Å². The zero-order valence-electron chi connectivity index (χ0n) is 21.8. The highest BCUT2D eigenvalue weighted by Gasteiger charge is 2.18. The van der Waals surface area contributed by atoms with E-state index < -0.39 is 12.7 Å². The number of rotatable bonds is 4. The number of aryl methyl sites for hydroxylation is 2. The van der Waals surface area contributed by atoms with Crippen molar-refractivity contribution in [2.75, 3.05) is 0 Å². The van der Waals surface area contributed by atoms with E-state index in [0.29, 0.717) is 5.58 Å². The molecule has 0 saturated carbocycles. The summed E-state index contributed by atoms with van der Waals surface area (Å²) in [5.74, 6) is 0. The molecule has 3 heterocycles. The van der Waals surface area contributed by atoms with Crippen molar-refractivity contribution in [2.24, 2.45) is 0 Å². The maximum atomic E-state index is 8.65. The summed E-state index contributed by atoms with van der Waals surface area (Å²) in [4.78, 5) is 9.04. The molecule has 0 fully saturated rings. The van der Waals surface area contributed by atoms with Crippen LogP contribution in [0.5, 0.6) is 0 Å². The summed E-state index contributed by atoms with van der Waals surface area (Å²) >= 11 is 0. The van der Waals surface area contributed by atoms with Crippen LogP contribution in [0.2, 0.25) is 0 Å². The van der Waals surface area contributed by atoms with Crippen LogP contribution in [0.15, 0.2) is 83.4 Å². The van der Waals surface area contributed by atoms with Crippen LogP contribution >= 0.6 is 0 Å². The second kappa shape index (κ2) is 7.66. The van der Waals surface area contributed by atoms with Gasteiger partial charge in [0.2, 0.25) is 5.71 Å². The highest BCUT2D eigenvalue weighted by Crippen LogP contribution is 2.35. The third-order valence-corrected chi connectivity index (χ3v) is 5.37. The molecule has 3 aromatic heterocycles. The Bertz CT molecular complexity index is 1540. The maximum Gasteiger partial charge on any atom is 0.227 e. The minimum absolute atomic E-state index is 0.0210. The highest BCUT2D eigenvalue weighted by atomic mass is 16.3. The van der Waals surface area contributed by atoms with Gasteiger partial charge in [0.25, 0.3) is 0 Å². The van der Waals surface area contributed by atoms with E-state index in [0.717, 1.165) is 27.6 Å². The number of fused-ring (bicyclic) bond motifs is 3. The van der Waals surface area contributed by atoms with Gasteiger partial charge in [-0.2, -0.15) is 0 Å². The monoisotopic (exact) mass is 410 g/mol. The molecule has 5 rings (SSSR count). The van der Waals surface area contributed by atoms with Crippen molar-refractivity contribution in [3.05, 3.63) is 95.8 Å². The number of benzene rings is 2. The van der Waals surface area contributed by atoms with Gasteiger partial charge in [0.15, 0.2) is 0 Å². The molecule has 0 bridgehead atoms. The highest BCUT2D eigenvalue weighted by molar-refractivity contribution is 6.08. The van der Waals surface area contributed by atoms with Gasteiger partial charge in [-0.25, -0.2) is 4.98 Å². The van der Waals surface area contributed by atoms with E-state index >= 15 is 0 Å². The van der Waals surface area contributed by atoms with Gasteiger partial charge in [-0.1, -0.05) is 63.2 Å². The van der Waals surface area contributed by atoms with Crippen molar-refractivity contribution in [3.63, 3.8) is 0 Å². The first kappa shape index (κ1) is 15.4. The van der Waals surface area contributed by atoms with Crippen molar-refractivity contribution in [1.82, 2.24) is 9.97 Å². The molecule has 0 N–H and O–H groups in total. The fourth-order valence-electron chi connectivity index (χ4n) is 3.65. The van der Waals surface area contributed by atoms with Gasteiger partial charge in [-0.05, 0) is 59.6 Å². The second-order valence-corrected chi connectivity index (χ2v) is 8.63. The van der Waals surface area contributed by atoms with Gasteiger partial charge in [0.05, 0.1) is 5.69 Å². The molecule has 5 aromatic rings. The van der Waals surface area contributed by atoms with Crippen LogP contribution in [0, 0.1) is 0 Å². The quantitative estimate of drug-likeness (QED) is 0.316. The van der Waals surface area contributed by atoms with E-state index in [-0.39, 0.29) is 22.4 Å². The molecule has 0 aliphatic carbocycles. The number of nitrogens with zero attached hydrogens (tertiary/aromatic N) is 2. The summed E-state index contributed by atoms with van der Waals surface area (Å²) in [6.07, 6.45) is -2.87. The smallest absolute Gasteiger partial charge is 0.227 e. The van der Waals surface area contributed by atoms with E-state index in [4.69, 9.17) is 9.90 Å². The molecule has 0 radical (unpaired) electrons. The molecule has 154 valence electrons. The molecule has 0 saturated heterocycles. The second-order valence-electron chi connectivity index (χ2n) is 8.63. The van der Waals surface area contributed by atoms with Crippen LogP contribution in [0.1, 0.15) is 43.1 Å². The van der Waals surface area contributed by atoms with Crippen LogP contribution in [0.25, 0.3) is 33.3 Å². The molecule has 0 aliphatic heterocycles. The lowest BCUT2D eigenvalue weighted by atomic mass is 9.87. The summed E-state index contributed by atoms with van der Waals surface area (Å²) in [6.45, 7) is 6.46. The van der Waals surface area contributed by atoms with Gasteiger partial charge in [0, 0.05) is 33.7 Å². The van der Waals surface area contributed by atoms with Crippen molar-refractivity contribution in [3.8, 4) is 11.3 Å². The van der Waals surface area contributed by atoms with Crippen molar-refractivity contribution >= 4 is 22.1 Å². The van der Waals surface area contributed by atoms with Crippen molar-refractivity contribution in [1.29, 1.82) is 0 Å². The van der Waals surface area contributed by atoms with Crippen LogP contribution in [-0.2, 0) is 18.2 Å². The largest absolute Gasteiger partial charge is 0.437 e. The number of pyridine rings is 2. The van der Waals surface area contributed by atoms with Crippen molar-refractivity contribution < 1.29 is 9.90 Å². The first-order valence-electron chi connectivity index (χ1n) is 12.4. The Morgan fingerprint density at radius 2 is 1.71 bits per heavy atom. The fraction of sp³-hybridized carbons (Fsp3) is 0.214. The van der Waals surface area contributed by atoms with E-state index in [1.54, 1.807) is 48.7 Å². The molecule has 0 amide bonds. The van der Waals surface area contributed by atoms with Gasteiger partial charge >= 0.3 is 0 Å². The number of hydrogen-bond acceptors (Lipinski definition) is 3. The maximum absolute atomic E-state index is 8.65. The fourth-order valence-corrected chi connectivity index (χ4v) is 3.65. The number of hydrogen-bond donors (Lipinski definition) is 0. The summed E-state index contributed by atoms with van der Waals surface area (Å²) in [5.41, 5.74) is 3.87. The Kier molecular flexibility index (Phi) is 3.79. The summed E-state index contributed by atoms with van der Waals surface area (Å²) in [5, 5.41) is 1.60. The topological polar surface area (TPSA) is 38.9 Å². The SMILES string of the molecule is [2H]C([2H])(c1ccccc1)C([2H])([2H])c1ccc2c(n1)oc1c(-c3cc(C(C)(C)C)ccn3)cccc12. The normalized spacial score (nSPS) is 14.8. The third-order valence-electron chi connectivity index (χ3n) is 5.37. The van der Waals surface area contributed by atoms with Crippen LogP contribution in [0.3, 0.4) is 0 Å². The molecule has 31 heavy (non-hydrogen) atoms. The minimum atomic E-state index is -2.38. The number of aromatic nitrogens is 2. The summed E-state index contributed by atoms with van der Waals surface area (Å²) in [7, 11) is 0. The van der Waals surface area contributed by atoms with Crippen LogP contribution in [0.4, 0.5) is 0 Å². The molecule has 0 atom stereocenters. The van der Waals surface area contributed by atoms with Gasteiger partial charge in [-0.15, -0.1) is 0 Å². The molecule has 2 aromatic carbocycles. The zero-order valence-corrected chi connectivity index (χ0v) is 17.8. The standard InChI is InChI=1S/C28H26N2O/c1-28(2,3)20-16-17-29-25(18-20)24-11-7-10-22-23-15-14-21(30-27(23)31-26(22)24)13-12-19-8-5-4-6-9-19/h4-11,14-18H,12-13H2,1-3H3/i12D2,13D2. The first-order chi connectivity index (χ1) is 16.5. The molecule has 3 nitrogen and oxygen atoms in total. The third kappa shape index (κ3) is 3.84. The molecule has 3 heteroatoms. The predicted octanol–water partition coefficient (Wildman–Crippen LogP) is 7.13. The van der Waals surface area contributed by atoms with E-state index in [1.807, 2.05) is 24.3 Å². The average Bonchev–Trinajstić information content (AvgIpc) is 3.22. The first-order valence-corrected chi connectivity index (χ1v) is 10.4. The Labute approximate surface area is 188 Å². The number of para-hydroxylation sites is 1. The average molecular weight is 411 g/mol. The van der Waals surface area contributed by atoms with Gasteiger partial charge in [0.1, 0.15) is 5.58 Å². The van der Waals surface area contributed by atoms with Crippen LogP contribution in [-0.4, -0.2) is 9.97 Å². The van der Waals surface area contributed by atoms with E-state index in [9.17, 15) is 0 Å². The Morgan fingerprint density at radius 1 is 0.871 bits per heavy atom. The Balaban J connectivity index is 1.64. The minimum Gasteiger partial charge on any atom is -0.437 e. The Hall–Kier alpha value is -3.46. The van der Waals surface area contributed by atoms with Gasteiger partial charge < -0.3 is 4.42 Å². The molecular weight excluding hydrogens is 380 g/mol. The predicted molar refractivity (Wildman–Crippen MR) is 127 cm³/mol. The summed E-state index contributed by atoms with van der Waals surface area (Å²) < 4.78 is 40.6.